The van der Waals surface area contributed by atoms with Crippen molar-refractivity contribution in [1.29, 1.82) is 0 Å². The highest BCUT2D eigenvalue weighted by atomic mass is 32.2. The molecule has 0 aromatic heterocycles. The maximum atomic E-state index is 12.4. The first kappa shape index (κ1) is 15.7. The van der Waals surface area contributed by atoms with Gasteiger partial charge in [-0.05, 0) is 31.2 Å². The molecule has 0 saturated carbocycles. The van der Waals surface area contributed by atoms with Gasteiger partial charge in [-0.2, -0.15) is 0 Å². The van der Waals surface area contributed by atoms with E-state index in [1.165, 1.54) is 11.8 Å². The van der Waals surface area contributed by atoms with Crippen LogP contribution in [0, 0.1) is 0 Å². The number of nitrogens with zero attached hydrogens (tertiary/aromatic N) is 1. The van der Waals surface area contributed by atoms with Crippen LogP contribution in [0.1, 0.15) is 13.3 Å². The van der Waals surface area contributed by atoms with Crippen molar-refractivity contribution in [3.63, 3.8) is 0 Å². The van der Waals surface area contributed by atoms with E-state index >= 15 is 0 Å². The second kappa shape index (κ2) is 7.36. The van der Waals surface area contributed by atoms with E-state index in [0.717, 1.165) is 10.6 Å². The van der Waals surface area contributed by atoms with Crippen LogP contribution < -0.4 is 10.1 Å². The third-order valence-electron chi connectivity index (χ3n) is 3.34. The Hall–Kier alpha value is -1.69. The SMILES string of the molecule is COc1ccc(S[C@H](C)C(=O)N2CCNC(=O)CC2)cc1. The van der Waals surface area contributed by atoms with Crippen LogP contribution in [0.25, 0.3) is 0 Å². The number of rotatable bonds is 4. The highest BCUT2D eigenvalue weighted by molar-refractivity contribution is 8.00. The molecular weight excluding hydrogens is 288 g/mol. The summed E-state index contributed by atoms with van der Waals surface area (Å²) in [4.78, 5) is 26.5. The van der Waals surface area contributed by atoms with Crippen LogP contribution in [0.2, 0.25) is 0 Å². The van der Waals surface area contributed by atoms with Crippen LogP contribution in [0.4, 0.5) is 0 Å². The molecule has 0 radical (unpaired) electrons. The van der Waals surface area contributed by atoms with Crippen molar-refractivity contribution in [2.24, 2.45) is 0 Å². The van der Waals surface area contributed by atoms with Crippen molar-refractivity contribution in [2.75, 3.05) is 26.7 Å². The molecule has 1 aromatic carbocycles. The molecule has 1 fully saturated rings. The fraction of sp³-hybridized carbons (Fsp3) is 0.467. The lowest BCUT2D eigenvalue weighted by atomic mass is 10.3. The number of hydrogen-bond acceptors (Lipinski definition) is 4. The summed E-state index contributed by atoms with van der Waals surface area (Å²) < 4.78 is 5.12. The van der Waals surface area contributed by atoms with Crippen LogP contribution in [-0.2, 0) is 9.59 Å². The normalized spacial score (nSPS) is 16.9. The standard InChI is InChI=1S/C15H20N2O3S/c1-11(21-13-5-3-12(20-2)4-6-13)15(19)17-9-7-14(18)16-8-10-17/h3-6,11H,7-10H2,1-2H3,(H,16,18)/t11-/m1/s1. The van der Waals surface area contributed by atoms with Crippen LogP contribution in [0.3, 0.4) is 0 Å². The molecule has 0 aliphatic carbocycles. The Morgan fingerprint density at radius 3 is 2.71 bits per heavy atom. The minimum Gasteiger partial charge on any atom is -0.497 e. The Kier molecular flexibility index (Phi) is 5.50. The Bertz CT molecular complexity index is 504. The fourth-order valence-electron chi connectivity index (χ4n) is 2.15. The topological polar surface area (TPSA) is 58.6 Å². The van der Waals surface area contributed by atoms with Gasteiger partial charge in [-0.3, -0.25) is 9.59 Å². The lowest BCUT2D eigenvalue weighted by Crippen LogP contribution is -2.38. The quantitative estimate of drug-likeness (QED) is 0.857. The third-order valence-corrected chi connectivity index (χ3v) is 4.44. The lowest BCUT2D eigenvalue weighted by molar-refractivity contribution is -0.130. The van der Waals surface area contributed by atoms with Crippen LogP contribution >= 0.6 is 11.8 Å². The number of carbonyl (C=O) groups excluding carboxylic acids is 2. The summed E-state index contributed by atoms with van der Waals surface area (Å²) in [5.41, 5.74) is 0. The summed E-state index contributed by atoms with van der Waals surface area (Å²) in [5, 5.41) is 2.60. The van der Waals surface area contributed by atoms with E-state index in [2.05, 4.69) is 5.32 Å². The summed E-state index contributed by atoms with van der Waals surface area (Å²) in [6.45, 7) is 3.51. The maximum absolute atomic E-state index is 12.4. The van der Waals surface area contributed by atoms with Crippen LogP contribution in [-0.4, -0.2) is 48.7 Å². The highest BCUT2D eigenvalue weighted by Crippen LogP contribution is 2.26. The van der Waals surface area contributed by atoms with Crippen molar-refractivity contribution in [1.82, 2.24) is 10.2 Å². The smallest absolute Gasteiger partial charge is 0.235 e. The van der Waals surface area contributed by atoms with Gasteiger partial charge in [-0.15, -0.1) is 11.8 Å². The third kappa shape index (κ3) is 4.39. The van der Waals surface area contributed by atoms with Gasteiger partial charge in [0.15, 0.2) is 0 Å². The molecular formula is C15H20N2O3S. The van der Waals surface area contributed by atoms with E-state index in [1.54, 1.807) is 12.0 Å². The molecule has 21 heavy (non-hydrogen) atoms. The molecule has 1 N–H and O–H groups in total. The van der Waals surface area contributed by atoms with Gasteiger partial charge in [0.25, 0.3) is 0 Å². The van der Waals surface area contributed by atoms with Gasteiger partial charge in [0, 0.05) is 31.0 Å². The Labute approximate surface area is 129 Å². The number of hydrogen-bond donors (Lipinski definition) is 1. The number of thioether (sulfide) groups is 1. The second-order valence-electron chi connectivity index (χ2n) is 4.86. The zero-order chi connectivity index (χ0) is 15.2. The van der Waals surface area contributed by atoms with Crippen LogP contribution in [0.5, 0.6) is 5.75 Å². The van der Waals surface area contributed by atoms with E-state index in [1.807, 2.05) is 31.2 Å². The van der Waals surface area contributed by atoms with Gasteiger partial charge >= 0.3 is 0 Å². The molecule has 1 aromatic rings. The average molecular weight is 308 g/mol. The number of carbonyl (C=O) groups is 2. The Morgan fingerprint density at radius 1 is 1.33 bits per heavy atom. The van der Waals surface area contributed by atoms with Crippen molar-refractivity contribution in [3.8, 4) is 5.75 Å². The molecule has 2 rings (SSSR count). The van der Waals surface area contributed by atoms with Gasteiger partial charge in [-0.25, -0.2) is 0 Å². The molecule has 1 atom stereocenters. The summed E-state index contributed by atoms with van der Waals surface area (Å²) >= 11 is 1.52. The minimum atomic E-state index is -0.174. The van der Waals surface area contributed by atoms with E-state index in [0.29, 0.717) is 26.1 Å². The molecule has 1 aliphatic rings. The molecule has 0 spiro atoms. The molecule has 0 bridgehead atoms. The number of benzene rings is 1. The van der Waals surface area contributed by atoms with Crippen LogP contribution in [0.15, 0.2) is 29.2 Å². The number of ether oxygens (including phenoxy) is 1. The molecule has 0 unspecified atom stereocenters. The van der Waals surface area contributed by atoms with E-state index in [4.69, 9.17) is 4.74 Å². The van der Waals surface area contributed by atoms with E-state index in [9.17, 15) is 9.59 Å². The predicted molar refractivity (Wildman–Crippen MR) is 82.5 cm³/mol. The zero-order valence-corrected chi connectivity index (χ0v) is 13.1. The summed E-state index contributed by atoms with van der Waals surface area (Å²) in [7, 11) is 1.63. The minimum absolute atomic E-state index is 0.0146. The first-order valence-electron chi connectivity index (χ1n) is 6.96. The molecule has 5 nitrogen and oxygen atoms in total. The largest absolute Gasteiger partial charge is 0.497 e. The van der Waals surface area contributed by atoms with E-state index < -0.39 is 0 Å². The Morgan fingerprint density at radius 2 is 2.05 bits per heavy atom. The predicted octanol–water partition coefficient (Wildman–Crippen LogP) is 1.52. The van der Waals surface area contributed by atoms with Gasteiger partial charge < -0.3 is 15.0 Å². The average Bonchev–Trinajstić information content (AvgIpc) is 2.72. The number of nitrogens with one attached hydrogen (secondary N) is 1. The summed E-state index contributed by atoms with van der Waals surface area (Å²) in [5.74, 6) is 0.892. The van der Waals surface area contributed by atoms with Crippen molar-refractivity contribution in [3.05, 3.63) is 24.3 Å². The second-order valence-corrected chi connectivity index (χ2v) is 6.28. The van der Waals surface area contributed by atoms with Gasteiger partial charge in [0.2, 0.25) is 11.8 Å². The molecule has 1 aliphatic heterocycles. The van der Waals surface area contributed by atoms with Crippen molar-refractivity contribution in [2.45, 2.75) is 23.5 Å². The van der Waals surface area contributed by atoms with Gasteiger partial charge in [0.05, 0.1) is 12.4 Å². The monoisotopic (exact) mass is 308 g/mol. The number of methoxy groups -OCH3 is 1. The Balaban J connectivity index is 1.93. The molecule has 6 heteroatoms. The molecule has 1 saturated heterocycles. The first-order chi connectivity index (χ1) is 10.1. The number of amides is 2. The van der Waals surface area contributed by atoms with E-state index in [-0.39, 0.29) is 17.1 Å². The van der Waals surface area contributed by atoms with Gasteiger partial charge in [-0.1, -0.05) is 0 Å². The molecule has 2 amide bonds. The molecule has 1 heterocycles. The first-order valence-corrected chi connectivity index (χ1v) is 7.84. The maximum Gasteiger partial charge on any atom is 0.235 e. The lowest BCUT2D eigenvalue weighted by Gasteiger charge is -2.23. The zero-order valence-electron chi connectivity index (χ0n) is 12.3. The fourth-order valence-corrected chi connectivity index (χ4v) is 3.10. The molecule has 114 valence electrons. The van der Waals surface area contributed by atoms with Crippen molar-refractivity contribution >= 4 is 23.6 Å². The van der Waals surface area contributed by atoms with Crippen molar-refractivity contribution < 1.29 is 14.3 Å². The summed E-state index contributed by atoms with van der Waals surface area (Å²) in [6, 6.07) is 7.66. The summed E-state index contributed by atoms with van der Waals surface area (Å²) in [6.07, 6.45) is 0.381. The van der Waals surface area contributed by atoms with Gasteiger partial charge in [0.1, 0.15) is 5.75 Å². The highest BCUT2D eigenvalue weighted by Gasteiger charge is 2.23.